The molecule has 2 aromatic rings. The number of benzene rings is 1. The molecule has 0 unspecified atom stereocenters. The molecule has 3 rings (SSSR count). The Bertz CT molecular complexity index is 698. The molecular weight excluding hydrogens is 272 g/mol. The molecule has 5 heteroatoms. The van der Waals surface area contributed by atoms with Crippen molar-refractivity contribution in [2.45, 2.75) is 25.9 Å². The van der Waals surface area contributed by atoms with Gasteiger partial charge in [0.05, 0.1) is 6.26 Å². The molecule has 21 heavy (non-hydrogen) atoms. The van der Waals surface area contributed by atoms with Crippen LogP contribution >= 0.6 is 0 Å². The molecule has 1 aliphatic rings. The molecule has 1 N–H and O–H groups in total. The third-order valence-corrected chi connectivity index (χ3v) is 3.57. The number of fused-ring (bicyclic) bond motifs is 1. The molecule has 5 nitrogen and oxygen atoms in total. The molecule has 0 aliphatic heterocycles. The van der Waals surface area contributed by atoms with Crippen molar-refractivity contribution in [1.29, 1.82) is 0 Å². The summed E-state index contributed by atoms with van der Waals surface area (Å²) in [6.07, 6.45) is 3.64. The minimum atomic E-state index is -1.04. The van der Waals surface area contributed by atoms with Crippen LogP contribution in [0, 0.1) is 0 Å². The average Bonchev–Trinajstić information content (AvgIpc) is 2.94. The number of carboxylic acids is 1. The fourth-order valence-electron chi connectivity index (χ4n) is 2.50. The molecular formula is C16H14O5. The lowest BCUT2D eigenvalue weighted by atomic mass is 9.90. The first-order valence-electron chi connectivity index (χ1n) is 6.74. The van der Waals surface area contributed by atoms with Crippen LogP contribution in [-0.4, -0.2) is 16.9 Å². The van der Waals surface area contributed by atoms with Crippen molar-refractivity contribution in [3.63, 3.8) is 0 Å². The Morgan fingerprint density at radius 1 is 1.29 bits per heavy atom. The Kier molecular flexibility index (Phi) is 3.48. The molecule has 0 fully saturated rings. The van der Waals surface area contributed by atoms with Crippen molar-refractivity contribution < 1.29 is 23.8 Å². The van der Waals surface area contributed by atoms with Crippen molar-refractivity contribution >= 4 is 11.8 Å². The quantitative estimate of drug-likeness (QED) is 0.934. The molecule has 0 amide bonds. The van der Waals surface area contributed by atoms with Gasteiger partial charge in [-0.1, -0.05) is 0 Å². The maximum atomic E-state index is 11.7. The lowest BCUT2D eigenvalue weighted by Gasteiger charge is -2.15. The predicted octanol–water partition coefficient (Wildman–Crippen LogP) is 3.08. The highest BCUT2D eigenvalue weighted by Crippen LogP contribution is 2.26. The van der Waals surface area contributed by atoms with Crippen molar-refractivity contribution in [2.75, 3.05) is 0 Å². The second-order valence-electron chi connectivity index (χ2n) is 4.95. The number of aromatic carboxylic acids is 1. The molecule has 1 aromatic carbocycles. The van der Waals surface area contributed by atoms with Crippen LogP contribution in [0.15, 0.2) is 34.9 Å². The molecule has 0 spiro atoms. The first-order valence-corrected chi connectivity index (χ1v) is 6.74. The number of carbonyl (C=O) groups excluding carboxylic acids is 1. The van der Waals surface area contributed by atoms with Crippen LogP contribution in [0.1, 0.15) is 44.9 Å². The highest BCUT2D eigenvalue weighted by atomic mass is 16.5. The van der Waals surface area contributed by atoms with Gasteiger partial charge in [-0.25, -0.2) is 4.79 Å². The van der Waals surface area contributed by atoms with Crippen LogP contribution in [0.5, 0.6) is 5.75 Å². The van der Waals surface area contributed by atoms with Gasteiger partial charge in [0.25, 0.3) is 0 Å². The van der Waals surface area contributed by atoms with Crippen LogP contribution in [-0.2, 0) is 13.0 Å². The normalized spacial score (nSPS) is 13.8. The van der Waals surface area contributed by atoms with Gasteiger partial charge >= 0.3 is 5.97 Å². The van der Waals surface area contributed by atoms with E-state index in [0.717, 1.165) is 24.0 Å². The molecule has 108 valence electrons. The van der Waals surface area contributed by atoms with Gasteiger partial charge in [-0.15, -0.1) is 0 Å². The highest BCUT2D eigenvalue weighted by Gasteiger charge is 2.18. The molecule has 1 aliphatic carbocycles. The van der Waals surface area contributed by atoms with E-state index in [0.29, 0.717) is 12.2 Å². The number of ether oxygens (including phenoxy) is 1. The van der Waals surface area contributed by atoms with Crippen LogP contribution in [0.3, 0.4) is 0 Å². The number of carbonyl (C=O) groups is 2. The molecule has 1 heterocycles. The van der Waals surface area contributed by atoms with E-state index in [-0.39, 0.29) is 23.7 Å². The van der Waals surface area contributed by atoms with Gasteiger partial charge < -0.3 is 14.3 Å². The van der Waals surface area contributed by atoms with E-state index in [1.807, 2.05) is 6.07 Å². The van der Waals surface area contributed by atoms with E-state index >= 15 is 0 Å². The summed E-state index contributed by atoms with van der Waals surface area (Å²) >= 11 is 0. The summed E-state index contributed by atoms with van der Waals surface area (Å²) in [5.74, 6) is 0.00729. The van der Waals surface area contributed by atoms with Gasteiger partial charge in [-0.2, -0.15) is 0 Å². The molecule has 0 bridgehead atoms. The Hall–Kier alpha value is -2.56. The lowest BCUT2D eigenvalue weighted by molar-refractivity contribution is 0.0691. The summed E-state index contributed by atoms with van der Waals surface area (Å²) in [6.45, 7) is 0.0430. The van der Waals surface area contributed by atoms with E-state index in [1.165, 1.54) is 12.3 Å². The first kappa shape index (κ1) is 13.4. The first-order chi connectivity index (χ1) is 10.1. The largest absolute Gasteiger partial charge is 0.486 e. The van der Waals surface area contributed by atoms with E-state index in [2.05, 4.69) is 0 Å². The zero-order chi connectivity index (χ0) is 14.8. The molecule has 0 saturated carbocycles. The van der Waals surface area contributed by atoms with Crippen LogP contribution < -0.4 is 4.74 Å². The molecule has 0 atom stereocenters. The minimum absolute atomic E-state index is 0.0430. The van der Waals surface area contributed by atoms with Gasteiger partial charge in [0, 0.05) is 12.0 Å². The van der Waals surface area contributed by atoms with Gasteiger partial charge in [-0.05, 0) is 42.7 Å². The summed E-state index contributed by atoms with van der Waals surface area (Å²) in [6, 6.07) is 6.74. The van der Waals surface area contributed by atoms with Gasteiger partial charge in [0.2, 0.25) is 0 Å². The Labute approximate surface area is 121 Å². The second-order valence-corrected chi connectivity index (χ2v) is 4.95. The van der Waals surface area contributed by atoms with Crippen molar-refractivity contribution in [1.82, 2.24) is 0 Å². The predicted molar refractivity (Wildman–Crippen MR) is 73.7 cm³/mol. The number of hydrogen-bond acceptors (Lipinski definition) is 4. The summed E-state index contributed by atoms with van der Waals surface area (Å²) in [5.41, 5.74) is 1.85. The number of carboxylic acid groups (broad SMARTS) is 1. The third-order valence-electron chi connectivity index (χ3n) is 3.57. The minimum Gasteiger partial charge on any atom is -0.486 e. The number of rotatable bonds is 4. The Morgan fingerprint density at radius 2 is 2.14 bits per heavy atom. The van der Waals surface area contributed by atoms with Gasteiger partial charge in [0.15, 0.2) is 11.5 Å². The van der Waals surface area contributed by atoms with Crippen LogP contribution in [0.2, 0.25) is 0 Å². The van der Waals surface area contributed by atoms with Crippen molar-refractivity contribution in [2.24, 2.45) is 0 Å². The van der Waals surface area contributed by atoms with Crippen molar-refractivity contribution in [3.05, 3.63) is 53.0 Å². The van der Waals surface area contributed by atoms with E-state index in [1.54, 1.807) is 12.1 Å². The Morgan fingerprint density at radius 3 is 2.95 bits per heavy atom. The monoisotopic (exact) mass is 286 g/mol. The average molecular weight is 286 g/mol. The Balaban J connectivity index is 1.75. The number of aryl methyl sites for hydroxylation is 1. The van der Waals surface area contributed by atoms with Gasteiger partial charge in [-0.3, -0.25) is 4.79 Å². The van der Waals surface area contributed by atoms with E-state index in [9.17, 15) is 9.59 Å². The van der Waals surface area contributed by atoms with Gasteiger partial charge in [0.1, 0.15) is 17.9 Å². The number of furan rings is 1. The third kappa shape index (κ3) is 2.67. The fourth-order valence-corrected chi connectivity index (χ4v) is 2.50. The molecule has 1 aromatic heterocycles. The fraction of sp³-hybridized carbons (Fsp3) is 0.250. The van der Waals surface area contributed by atoms with Crippen LogP contribution in [0.25, 0.3) is 0 Å². The maximum absolute atomic E-state index is 11.7. The van der Waals surface area contributed by atoms with E-state index < -0.39 is 5.97 Å². The van der Waals surface area contributed by atoms with E-state index in [4.69, 9.17) is 14.3 Å². The molecule has 0 radical (unpaired) electrons. The summed E-state index contributed by atoms with van der Waals surface area (Å²) < 4.78 is 10.7. The van der Waals surface area contributed by atoms with Crippen molar-refractivity contribution in [3.8, 4) is 5.75 Å². The topological polar surface area (TPSA) is 76.7 Å². The summed E-state index contributed by atoms with van der Waals surface area (Å²) in [4.78, 5) is 22.7. The second kappa shape index (κ2) is 5.44. The zero-order valence-electron chi connectivity index (χ0n) is 11.3. The number of Topliss-reactive ketones (excluding diaryl/α,β-unsaturated/α-hetero) is 1. The summed E-state index contributed by atoms with van der Waals surface area (Å²) in [7, 11) is 0. The lowest BCUT2D eigenvalue weighted by Crippen LogP contribution is -2.10. The highest BCUT2D eigenvalue weighted by molar-refractivity contribution is 5.98. The SMILES string of the molecule is O=C1CCCc2cc(OCc3occc3C(=O)O)ccc21. The number of hydrogen-bond donors (Lipinski definition) is 1. The number of ketones is 1. The summed E-state index contributed by atoms with van der Waals surface area (Å²) in [5, 5.41) is 8.99. The molecule has 0 saturated heterocycles. The zero-order valence-corrected chi connectivity index (χ0v) is 11.3. The smallest absolute Gasteiger partial charge is 0.339 e. The van der Waals surface area contributed by atoms with Crippen LogP contribution in [0.4, 0.5) is 0 Å². The maximum Gasteiger partial charge on any atom is 0.339 e. The standard InChI is InChI=1S/C16H14O5/c17-14-3-1-2-10-8-11(4-5-12(10)14)21-9-15-13(16(18)19)6-7-20-15/h4-8H,1-3,9H2,(H,18,19).